The molecule has 1 atom stereocenters. The van der Waals surface area contributed by atoms with Crippen molar-refractivity contribution in [2.75, 3.05) is 19.6 Å². The molecule has 0 aliphatic carbocycles. The normalized spacial score (nSPS) is 22.5. The molecule has 1 aliphatic rings. The maximum absolute atomic E-state index is 12.0. The molecule has 0 radical (unpaired) electrons. The Morgan fingerprint density at radius 1 is 1.53 bits per heavy atom. The Labute approximate surface area is 93.2 Å². The van der Waals surface area contributed by atoms with E-state index in [-0.39, 0.29) is 6.04 Å². The zero-order chi connectivity index (χ0) is 11.3. The molecule has 1 amide bonds. The lowest BCUT2D eigenvalue weighted by atomic mass is 10.0. The third kappa shape index (κ3) is 3.82. The van der Waals surface area contributed by atoms with E-state index in [4.69, 9.17) is 0 Å². The molecule has 1 heterocycles. The van der Waals surface area contributed by atoms with Gasteiger partial charge in [-0.05, 0) is 31.7 Å². The standard InChI is InChI=1S/C12H24N2O/c1-4-13-11-6-5-8-14(12(11)15)9-7-10(2)3/h10-11,13H,4-9H2,1-3H3. The number of likely N-dealkylation sites (N-methyl/N-ethyl adjacent to an activating group) is 1. The summed E-state index contributed by atoms with van der Waals surface area (Å²) in [6.07, 6.45) is 3.26. The van der Waals surface area contributed by atoms with Crippen LogP contribution in [0.15, 0.2) is 0 Å². The number of amides is 1. The van der Waals surface area contributed by atoms with Crippen LogP contribution in [0.5, 0.6) is 0 Å². The van der Waals surface area contributed by atoms with Crippen molar-refractivity contribution in [1.29, 1.82) is 0 Å². The van der Waals surface area contributed by atoms with Crippen molar-refractivity contribution in [3.63, 3.8) is 0 Å². The zero-order valence-corrected chi connectivity index (χ0v) is 10.3. The molecule has 0 saturated carbocycles. The van der Waals surface area contributed by atoms with Gasteiger partial charge in [-0.1, -0.05) is 20.8 Å². The molecule has 0 aromatic heterocycles. The molecule has 3 heteroatoms. The SMILES string of the molecule is CCNC1CCCN(CCC(C)C)C1=O. The third-order valence-electron chi connectivity index (χ3n) is 2.96. The Kier molecular flexibility index (Phi) is 5.09. The van der Waals surface area contributed by atoms with E-state index in [1.165, 1.54) is 0 Å². The minimum absolute atomic E-state index is 0.0795. The molecular formula is C12H24N2O. The van der Waals surface area contributed by atoms with Gasteiger partial charge in [-0.3, -0.25) is 4.79 Å². The summed E-state index contributed by atoms with van der Waals surface area (Å²) in [5.74, 6) is 0.987. The minimum Gasteiger partial charge on any atom is -0.341 e. The number of likely N-dealkylation sites (tertiary alicyclic amines) is 1. The number of hydrogen-bond donors (Lipinski definition) is 1. The largest absolute Gasteiger partial charge is 0.341 e. The van der Waals surface area contributed by atoms with Crippen LogP contribution >= 0.6 is 0 Å². The maximum atomic E-state index is 12.0. The highest BCUT2D eigenvalue weighted by molar-refractivity contribution is 5.82. The van der Waals surface area contributed by atoms with Crippen LogP contribution in [0.4, 0.5) is 0 Å². The summed E-state index contributed by atoms with van der Waals surface area (Å²) in [6.45, 7) is 9.23. The number of rotatable bonds is 5. The molecule has 0 aromatic carbocycles. The monoisotopic (exact) mass is 212 g/mol. The number of piperidine rings is 1. The van der Waals surface area contributed by atoms with Crippen LogP contribution in [0.1, 0.15) is 40.0 Å². The number of hydrogen-bond acceptors (Lipinski definition) is 2. The highest BCUT2D eigenvalue weighted by atomic mass is 16.2. The molecule has 1 unspecified atom stereocenters. The van der Waals surface area contributed by atoms with E-state index in [1.807, 2.05) is 4.90 Å². The molecule has 1 N–H and O–H groups in total. The predicted octanol–water partition coefficient (Wildman–Crippen LogP) is 1.63. The van der Waals surface area contributed by atoms with E-state index in [0.29, 0.717) is 11.8 Å². The summed E-state index contributed by atoms with van der Waals surface area (Å²) in [4.78, 5) is 14.0. The molecule has 0 aromatic rings. The van der Waals surface area contributed by atoms with Crippen molar-refractivity contribution in [3.05, 3.63) is 0 Å². The third-order valence-corrected chi connectivity index (χ3v) is 2.96. The first kappa shape index (κ1) is 12.5. The van der Waals surface area contributed by atoms with Gasteiger partial charge in [-0.25, -0.2) is 0 Å². The fourth-order valence-electron chi connectivity index (χ4n) is 2.01. The smallest absolute Gasteiger partial charge is 0.239 e. The second-order valence-electron chi connectivity index (χ2n) is 4.76. The summed E-state index contributed by atoms with van der Waals surface area (Å²) in [5.41, 5.74) is 0. The van der Waals surface area contributed by atoms with Crippen LogP contribution in [0.3, 0.4) is 0 Å². The number of carbonyl (C=O) groups excluding carboxylic acids is 1. The zero-order valence-electron chi connectivity index (χ0n) is 10.3. The molecule has 1 saturated heterocycles. The van der Waals surface area contributed by atoms with Gasteiger partial charge in [0.15, 0.2) is 0 Å². The lowest BCUT2D eigenvalue weighted by Gasteiger charge is -2.33. The number of nitrogens with one attached hydrogen (secondary N) is 1. The maximum Gasteiger partial charge on any atom is 0.239 e. The van der Waals surface area contributed by atoms with E-state index in [9.17, 15) is 4.79 Å². The van der Waals surface area contributed by atoms with Crippen LogP contribution in [0.25, 0.3) is 0 Å². The molecule has 0 spiro atoms. The molecule has 1 aliphatic heterocycles. The van der Waals surface area contributed by atoms with Crippen LogP contribution in [0.2, 0.25) is 0 Å². The summed E-state index contributed by atoms with van der Waals surface area (Å²) >= 11 is 0. The highest BCUT2D eigenvalue weighted by Gasteiger charge is 2.27. The van der Waals surface area contributed by atoms with E-state index in [0.717, 1.165) is 38.9 Å². The van der Waals surface area contributed by atoms with Gasteiger partial charge in [0.2, 0.25) is 5.91 Å². The first-order valence-corrected chi connectivity index (χ1v) is 6.17. The van der Waals surface area contributed by atoms with Gasteiger partial charge in [0, 0.05) is 13.1 Å². The summed E-state index contributed by atoms with van der Waals surface area (Å²) < 4.78 is 0. The molecule has 3 nitrogen and oxygen atoms in total. The molecule has 0 bridgehead atoms. The molecule has 15 heavy (non-hydrogen) atoms. The predicted molar refractivity (Wildman–Crippen MR) is 62.7 cm³/mol. The van der Waals surface area contributed by atoms with E-state index >= 15 is 0 Å². The average Bonchev–Trinajstić information content (AvgIpc) is 2.19. The lowest BCUT2D eigenvalue weighted by molar-refractivity contribution is -0.136. The van der Waals surface area contributed by atoms with Crippen molar-refractivity contribution in [2.45, 2.75) is 46.1 Å². The van der Waals surface area contributed by atoms with E-state index in [1.54, 1.807) is 0 Å². The van der Waals surface area contributed by atoms with Gasteiger partial charge in [0.1, 0.15) is 0 Å². The number of carbonyl (C=O) groups is 1. The van der Waals surface area contributed by atoms with Gasteiger partial charge in [0.25, 0.3) is 0 Å². The Hall–Kier alpha value is -0.570. The minimum atomic E-state index is 0.0795. The van der Waals surface area contributed by atoms with Crippen LogP contribution in [-0.2, 0) is 4.79 Å². The van der Waals surface area contributed by atoms with Crippen LogP contribution < -0.4 is 5.32 Å². The summed E-state index contributed by atoms with van der Waals surface area (Å²) in [6, 6.07) is 0.0795. The van der Waals surface area contributed by atoms with E-state index < -0.39 is 0 Å². The van der Waals surface area contributed by atoms with Gasteiger partial charge >= 0.3 is 0 Å². The van der Waals surface area contributed by atoms with Gasteiger partial charge in [-0.2, -0.15) is 0 Å². The first-order valence-electron chi connectivity index (χ1n) is 6.17. The van der Waals surface area contributed by atoms with Crippen molar-refractivity contribution in [1.82, 2.24) is 10.2 Å². The molecular weight excluding hydrogens is 188 g/mol. The van der Waals surface area contributed by atoms with E-state index in [2.05, 4.69) is 26.1 Å². The van der Waals surface area contributed by atoms with Gasteiger partial charge in [-0.15, -0.1) is 0 Å². The van der Waals surface area contributed by atoms with Crippen molar-refractivity contribution in [3.8, 4) is 0 Å². The van der Waals surface area contributed by atoms with Crippen LogP contribution in [-0.4, -0.2) is 36.5 Å². The fraction of sp³-hybridized carbons (Fsp3) is 0.917. The Bertz CT molecular complexity index is 202. The van der Waals surface area contributed by atoms with Gasteiger partial charge < -0.3 is 10.2 Å². The second kappa shape index (κ2) is 6.11. The van der Waals surface area contributed by atoms with Crippen molar-refractivity contribution < 1.29 is 4.79 Å². The number of nitrogens with zero attached hydrogens (tertiary/aromatic N) is 1. The molecule has 1 fully saturated rings. The van der Waals surface area contributed by atoms with Crippen LogP contribution in [0, 0.1) is 5.92 Å². The lowest BCUT2D eigenvalue weighted by Crippen LogP contribution is -2.50. The quantitative estimate of drug-likeness (QED) is 0.751. The van der Waals surface area contributed by atoms with Crippen molar-refractivity contribution >= 4 is 5.91 Å². The van der Waals surface area contributed by atoms with Gasteiger partial charge in [0.05, 0.1) is 6.04 Å². The Morgan fingerprint density at radius 3 is 2.87 bits per heavy atom. The molecule has 1 rings (SSSR count). The summed E-state index contributed by atoms with van der Waals surface area (Å²) in [7, 11) is 0. The Balaban J connectivity index is 2.40. The topological polar surface area (TPSA) is 32.3 Å². The highest BCUT2D eigenvalue weighted by Crippen LogP contribution is 2.13. The fourth-order valence-corrected chi connectivity index (χ4v) is 2.01. The van der Waals surface area contributed by atoms with Crippen molar-refractivity contribution in [2.24, 2.45) is 5.92 Å². The summed E-state index contributed by atoms with van der Waals surface area (Å²) in [5, 5.41) is 3.26. The Morgan fingerprint density at radius 2 is 2.27 bits per heavy atom. The average molecular weight is 212 g/mol. The second-order valence-corrected chi connectivity index (χ2v) is 4.76. The molecule has 88 valence electrons. The first-order chi connectivity index (χ1) is 7.15.